The van der Waals surface area contributed by atoms with Crippen LogP contribution in [0.1, 0.15) is 90.9 Å². The van der Waals surface area contributed by atoms with E-state index in [1.165, 1.54) is 94.6 Å². The van der Waals surface area contributed by atoms with Gasteiger partial charge in [0.1, 0.15) is 0 Å². The first-order valence-electron chi connectivity index (χ1n) is 14.1. The van der Waals surface area contributed by atoms with Crippen molar-refractivity contribution in [1.29, 1.82) is 0 Å². The van der Waals surface area contributed by atoms with Gasteiger partial charge in [-0.15, -0.1) is 6.07 Å². The van der Waals surface area contributed by atoms with Crippen LogP contribution in [-0.4, -0.2) is 9.97 Å². The number of hydrogen-bond donors (Lipinski definition) is 0. The van der Waals surface area contributed by atoms with E-state index in [9.17, 15) is 0 Å². The molecule has 0 bridgehead atoms. The first-order chi connectivity index (χ1) is 18.1. The van der Waals surface area contributed by atoms with Gasteiger partial charge in [0.2, 0.25) is 0 Å². The molecule has 3 heteroatoms. The fraction of sp³-hybridized carbons (Fsp3) is 0.421. The maximum Gasteiger partial charge on any atom is 0.156 e. The van der Waals surface area contributed by atoms with Gasteiger partial charge in [-0.1, -0.05) is 90.8 Å². The van der Waals surface area contributed by atoms with E-state index >= 15 is 0 Å². The molecular formula is C38H49N2V-. The summed E-state index contributed by atoms with van der Waals surface area (Å²) in [6.07, 6.45) is 0. The van der Waals surface area contributed by atoms with Gasteiger partial charge < -0.3 is 0 Å². The third kappa shape index (κ3) is 5.35. The Morgan fingerprint density at radius 3 is 0.756 bits per heavy atom. The van der Waals surface area contributed by atoms with Crippen LogP contribution in [0, 0.1) is 110 Å². The molecule has 0 fully saturated rings. The van der Waals surface area contributed by atoms with Gasteiger partial charge in [0, 0.05) is 24.1 Å². The van der Waals surface area contributed by atoms with E-state index in [1.807, 2.05) is 0 Å². The van der Waals surface area contributed by atoms with Crippen molar-refractivity contribution in [1.82, 2.24) is 9.97 Å². The number of benzene rings is 3. The van der Waals surface area contributed by atoms with E-state index in [0.29, 0.717) is 0 Å². The second-order valence-corrected chi connectivity index (χ2v) is 11.9. The van der Waals surface area contributed by atoms with Gasteiger partial charge in [0.15, 0.2) is 5.82 Å². The van der Waals surface area contributed by atoms with Gasteiger partial charge >= 0.3 is 0 Å². The first-order valence-corrected chi connectivity index (χ1v) is 14.1. The molecule has 0 amide bonds. The van der Waals surface area contributed by atoms with Crippen molar-refractivity contribution in [3.05, 3.63) is 89.5 Å². The van der Waals surface area contributed by atoms with E-state index in [2.05, 4.69) is 110 Å². The van der Waals surface area contributed by atoms with E-state index < -0.39 is 0 Å². The topological polar surface area (TPSA) is 25.8 Å². The SMILES string of the molecule is C.Cc1c(C)c(C)c(-c2[c-]c(-c3c(C)c(C)c(C)c(C)c3C)nc(-c3c(C)c(C)c(C)c(C)c3C)n2)c(C)c1C.[V]. The fourth-order valence-corrected chi connectivity index (χ4v) is 6.30. The molecule has 0 aliphatic rings. The summed E-state index contributed by atoms with van der Waals surface area (Å²) in [4.78, 5) is 10.6. The van der Waals surface area contributed by atoms with Gasteiger partial charge in [0.05, 0.1) is 0 Å². The number of aromatic nitrogens is 2. The van der Waals surface area contributed by atoms with Crippen molar-refractivity contribution >= 4 is 0 Å². The van der Waals surface area contributed by atoms with Crippen molar-refractivity contribution in [2.24, 2.45) is 0 Å². The van der Waals surface area contributed by atoms with Crippen molar-refractivity contribution in [3.8, 4) is 33.9 Å². The molecule has 1 aromatic heterocycles. The Kier molecular flexibility index (Phi) is 10.3. The van der Waals surface area contributed by atoms with Crippen LogP contribution in [0.25, 0.3) is 33.9 Å². The van der Waals surface area contributed by atoms with Gasteiger partial charge in [-0.2, -0.15) is 0 Å². The van der Waals surface area contributed by atoms with Gasteiger partial charge in [-0.25, -0.2) is 0 Å². The van der Waals surface area contributed by atoms with E-state index in [-0.39, 0.29) is 26.0 Å². The summed E-state index contributed by atoms with van der Waals surface area (Å²) in [6.45, 7) is 33.4. The molecule has 0 saturated heterocycles. The Bertz CT molecular complexity index is 1390. The molecule has 1 heterocycles. The van der Waals surface area contributed by atoms with Crippen LogP contribution in [0.3, 0.4) is 0 Å². The molecule has 0 saturated carbocycles. The van der Waals surface area contributed by atoms with Crippen molar-refractivity contribution in [3.63, 3.8) is 0 Å². The molecule has 0 N–H and O–H groups in total. The Morgan fingerprint density at radius 1 is 0.317 bits per heavy atom. The fourth-order valence-electron chi connectivity index (χ4n) is 6.30. The molecule has 217 valence electrons. The minimum absolute atomic E-state index is 0. The van der Waals surface area contributed by atoms with Crippen LogP contribution < -0.4 is 0 Å². The Hall–Kier alpha value is -2.68. The van der Waals surface area contributed by atoms with Gasteiger partial charge in [-0.05, 0) is 126 Å². The van der Waals surface area contributed by atoms with Crippen LogP contribution >= 0.6 is 0 Å². The monoisotopic (exact) mass is 584 g/mol. The molecule has 41 heavy (non-hydrogen) atoms. The Labute approximate surface area is 262 Å². The third-order valence-electron chi connectivity index (χ3n) is 10.4. The summed E-state index contributed by atoms with van der Waals surface area (Å²) < 4.78 is 0. The number of hydrogen-bond acceptors (Lipinski definition) is 2. The van der Waals surface area contributed by atoms with E-state index in [1.54, 1.807) is 0 Å². The van der Waals surface area contributed by atoms with E-state index in [4.69, 9.17) is 9.97 Å². The molecule has 0 aliphatic heterocycles. The van der Waals surface area contributed by atoms with Crippen LogP contribution in [0.4, 0.5) is 0 Å². The summed E-state index contributed by atoms with van der Waals surface area (Å²) in [7, 11) is 0. The average Bonchev–Trinajstić information content (AvgIpc) is 2.91. The molecule has 3 aromatic carbocycles. The van der Waals surface area contributed by atoms with E-state index in [0.717, 1.165) is 22.8 Å². The quantitative estimate of drug-likeness (QED) is 0.224. The molecule has 0 unspecified atom stereocenters. The summed E-state index contributed by atoms with van der Waals surface area (Å²) in [5, 5.41) is 0. The van der Waals surface area contributed by atoms with Crippen molar-refractivity contribution in [2.45, 2.75) is 111 Å². The van der Waals surface area contributed by atoms with Crippen molar-refractivity contribution < 1.29 is 18.6 Å². The molecule has 0 spiro atoms. The average molecular weight is 585 g/mol. The maximum atomic E-state index is 5.32. The van der Waals surface area contributed by atoms with Gasteiger partial charge in [0.25, 0.3) is 0 Å². The number of rotatable bonds is 3. The zero-order chi connectivity index (χ0) is 29.2. The molecule has 4 aromatic rings. The molecule has 0 atom stereocenters. The molecular weight excluding hydrogens is 535 g/mol. The zero-order valence-corrected chi connectivity index (χ0v) is 28.7. The summed E-state index contributed by atoms with van der Waals surface area (Å²) >= 11 is 0. The van der Waals surface area contributed by atoms with Crippen LogP contribution in [0.5, 0.6) is 0 Å². The molecule has 2 nitrogen and oxygen atoms in total. The minimum Gasteiger partial charge on any atom is -0.255 e. The third-order valence-corrected chi connectivity index (χ3v) is 10.4. The smallest absolute Gasteiger partial charge is 0.156 e. The minimum atomic E-state index is 0. The molecule has 1 radical (unpaired) electrons. The predicted molar refractivity (Wildman–Crippen MR) is 175 cm³/mol. The first kappa shape index (κ1) is 34.5. The van der Waals surface area contributed by atoms with Crippen LogP contribution in [-0.2, 0) is 18.6 Å². The normalized spacial score (nSPS) is 10.9. The van der Waals surface area contributed by atoms with Crippen LogP contribution in [0.2, 0.25) is 0 Å². The largest absolute Gasteiger partial charge is 0.255 e. The predicted octanol–water partition coefficient (Wildman–Crippen LogP) is 10.5. The number of nitrogens with zero attached hydrogens (tertiary/aromatic N) is 2. The Morgan fingerprint density at radius 2 is 0.512 bits per heavy atom. The summed E-state index contributed by atoms with van der Waals surface area (Å²) in [5.74, 6) is 0.796. The Balaban J connectivity index is 0.00000294. The molecule has 4 rings (SSSR count). The standard InChI is InChI=1S/C37H45N2.CH4.V/c1-17-20(4)26(10)34(27(11)21(17)5)32-16-33(35-28(12)22(6)18(2)23(7)29(35)13)39-37(38-32)36-30(14)24(8)19(3)25(9)31(36)15;;/h1-15H3;1H4;/q-1;;. The van der Waals surface area contributed by atoms with Gasteiger partial charge in [-0.3, -0.25) is 9.97 Å². The second kappa shape index (κ2) is 12.3. The van der Waals surface area contributed by atoms with Crippen LogP contribution in [0.15, 0.2) is 0 Å². The summed E-state index contributed by atoms with van der Waals surface area (Å²) in [6, 6.07) is 3.76. The second-order valence-electron chi connectivity index (χ2n) is 11.9. The maximum absolute atomic E-state index is 5.32. The molecule has 0 aliphatic carbocycles. The zero-order valence-electron chi connectivity index (χ0n) is 27.3. The summed E-state index contributed by atoms with van der Waals surface area (Å²) in [5.41, 5.74) is 24.9. The van der Waals surface area contributed by atoms with Crippen molar-refractivity contribution in [2.75, 3.05) is 0 Å².